The summed E-state index contributed by atoms with van der Waals surface area (Å²) in [5.74, 6) is 1.60. The zero-order chi connectivity index (χ0) is 16.1. The molecule has 1 saturated heterocycles. The molecule has 1 aromatic heterocycles. The van der Waals surface area contributed by atoms with Gasteiger partial charge in [0.2, 0.25) is 5.91 Å². The van der Waals surface area contributed by atoms with E-state index in [1.54, 1.807) is 18.0 Å². The Labute approximate surface area is 134 Å². The lowest BCUT2D eigenvalue weighted by molar-refractivity contribution is -0.130. The highest BCUT2D eigenvalue weighted by molar-refractivity contribution is 5.76. The smallest absolute Gasteiger partial charge is 0.244 e. The molecule has 1 aliphatic rings. The molecule has 0 aliphatic carbocycles. The van der Waals surface area contributed by atoms with Crippen molar-refractivity contribution in [3.63, 3.8) is 0 Å². The molecule has 0 saturated carbocycles. The molecule has 1 amide bonds. The summed E-state index contributed by atoms with van der Waals surface area (Å²) in [7, 11) is 1.62. The quantitative estimate of drug-likeness (QED) is 0.807. The molecule has 23 heavy (non-hydrogen) atoms. The van der Waals surface area contributed by atoms with E-state index >= 15 is 0 Å². The standard InChI is InChI=1S/C16H20N4O3/c1-22-14-4-6-15(7-5-14)23-12-13-10-20(18-17-13)11-16(21)19-8-2-3-9-19/h4-7,10H,2-3,8-9,11-12H2,1H3. The first-order chi connectivity index (χ1) is 11.2. The number of hydrogen-bond acceptors (Lipinski definition) is 5. The van der Waals surface area contributed by atoms with Crippen LogP contribution in [-0.2, 0) is 17.9 Å². The van der Waals surface area contributed by atoms with Gasteiger partial charge in [0.25, 0.3) is 0 Å². The van der Waals surface area contributed by atoms with Crippen molar-refractivity contribution in [2.75, 3.05) is 20.2 Å². The van der Waals surface area contributed by atoms with Crippen LogP contribution in [-0.4, -0.2) is 46.0 Å². The van der Waals surface area contributed by atoms with Crippen LogP contribution in [0.5, 0.6) is 11.5 Å². The third-order valence-corrected chi connectivity index (χ3v) is 3.79. The van der Waals surface area contributed by atoms with Crippen molar-refractivity contribution in [2.45, 2.75) is 26.0 Å². The molecule has 0 radical (unpaired) electrons. The lowest BCUT2D eigenvalue weighted by atomic mass is 10.3. The van der Waals surface area contributed by atoms with Gasteiger partial charge in [-0.05, 0) is 37.1 Å². The Bertz CT molecular complexity index is 648. The minimum atomic E-state index is 0.0926. The van der Waals surface area contributed by atoms with Gasteiger partial charge in [0.15, 0.2) is 0 Å². The van der Waals surface area contributed by atoms with E-state index in [0.29, 0.717) is 12.3 Å². The van der Waals surface area contributed by atoms with Crippen LogP contribution in [0.3, 0.4) is 0 Å². The maximum absolute atomic E-state index is 12.1. The Hall–Kier alpha value is -2.57. The van der Waals surface area contributed by atoms with Gasteiger partial charge in [-0.3, -0.25) is 4.79 Å². The van der Waals surface area contributed by atoms with Crippen LogP contribution in [0.4, 0.5) is 0 Å². The molecule has 7 nitrogen and oxygen atoms in total. The van der Waals surface area contributed by atoms with Crippen LogP contribution in [0.25, 0.3) is 0 Å². The van der Waals surface area contributed by atoms with E-state index in [4.69, 9.17) is 9.47 Å². The Morgan fingerprint density at radius 2 is 1.87 bits per heavy atom. The van der Waals surface area contributed by atoms with Crippen molar-refractivity contribution in [2.24, 2.45) is 0 Å². The molecular formula is C16H20N4O3. The van der Waals surface area contributed by atoms with Gasteiger partial charge in [-0.15, -0.1) is 5.10 Å². The zero-order valence-electron chi connectivity index (χ0n) is 13.1. The molecule has 1 fully saturated rings. The second kappa shape index (κ2) is 7.13. The molecule has 0 atom stereocenters. The normalized spacial score (nSPS) is 14.0. The van der Waals surface area contributed by atoms with Gasteiger partial charge in [0.1, 0.15) is 30.3 Å². The number of likely N-dealkylation sites (tertiary alicyclic amines) is 1. The molecule has 3 rings (SSSR count). The molecular weight excluding hydrogens is 296 g/mol. The van der Waals surface area contributed by atoms with Crippen LogP contribution in [0.2, 0.25) is 0 Å². The van der Waals surface area contributed by atoms with Crippen LogP contribution in [0.1, 0.15) is 18.5 Å². The number of ether oxygens (including phenoxy) is 2. The van der Waals surface area contributed by atoms with E-state index in [1.165, 1.54) is 0 Å². The van der Waals surface area contributed by atoms with Crippen molar-refractivity contribution >= 4 is 5.91 Å². The van der Waals surface area contributed by atoms with Gasteiger partial charge in [0, 0.05) is 13.1 Å². The van der Waals surface area contributed by atoms with Gasteiger partial charge in [-0.25, -0.2) is 4.68 Å². The summed E-state index contributed by atoms with van der Waals surface area (Å²) in [6.07, 6.45) is 3.92. The third kappa shape index (κ3) is 4.00. The Morgan fingerprint density at radius 1 is 1.17 bits per heavy atom. The molecule has 0 spiro atoms. The monoisotopic (exact) mass is 316 g/mol. The number of amides is 1. The summed E-state index contributed by atoms with van der Waals surface area (Å²) in [6, 6.07) is 7.34. The highest BCUT2D eigenvalue weighted by Gasteiger charge is 2.18. The molecule has 122 valence electrons. The van der Waals surface area contributed by atoms with Crippen LogP contribution < -0.4 is 9.47 Å². The minimum Gasteiger partial charge on any atom is -0.497 e. The summed E-state index contributed by atoms with van der Waals surface area (Å²) in [6.45, 7) is 2.24. The predicted molar refractivity (Wildman–Crippen MR) is 83.2 cm³/mol. The van der Waals surface area contributed by atoms with E-state index in [9.17, 15) is 4.79 Å². The van der Waals surface area contributed by atoms with E-state index < -0.39 is 0 Å². The molecule has 1 aliphatic heterocycles. The molecule has 0 unspecified atom stereocenters. The number of aromatic nitrogens is 3. The van der Waals surface area contributed by atoms with E-state index in [1.807, 2.05) is 29.2 Å². The average molecular weight is 316 g/mol. The van der Waals surface area contributed by atoms with Gasteiger partial charge in [-0.1, -0.05) is 5.21 Å². The first kappa shape index (κ1) is 15.3. The van der Waals surface area contributed by atoms with Crippen molar-refractivity contribution in [1.29, 1.82) is 0 Å². The average Bonchev–Trinajstić information content (AvgIpc) is 3.25. The number of hydrogen-bond donors (Lipinski definition) is 0. The van der Waals surface area contributed by atoms with Crippen molar-refractivity contribution in [3.05, 3.63) is 36.2 Å². The van der Waals surface area contributed by atoms with Crippen LogP contribution in [0.15, 0.2) is 30.5 Å². The fourth-order valence-corrected chi connectivity index (χ4v) is 2.52. The van der Waals surface area contributed by atoms with Crippen LogP contribution >= 0.6 is 0 Å². The number of methoxy groups -OCH3 is 1. The number of benzene rings is 1. The van der Waals surface area contributed by atoms with Gasteiger partial charge in [-0.2, -0.15) is 0 Å². The van der Waals surface area contributed by atoms with E-state index in [-0.39, 0.29) is 12.5 Å². The lowest BCUT2D eigenvalue weighted by Gasteiger charge is -2.14. The topological polar surface area (TPSA) is 69.5 Å². The molecule has 2 heterocycles. The maximum Gasteiger partial charge on any atom is 0.244 e. The van der Waals surface area contributed by atoms with Crippen molar-refractivity contribution in [1.82, 2.24) is 19.9 Å². The predicted octanol–water partition coefficient (Wildman–Crippen LogP) is 1.49. The fraction of sp³-hybridized carbons (Fsp3) is 0.438. The number of carbonyl (C=O) groups is 1. The van der Waals surface area contributed by atoms with Gasteiger partial charge in [0.05, 0.1) is 13.3 Å². The summed E-state index contributed by atoms with van der Waals surface area (Å²) >= 11 is 0. The maximum atomic E-state index is 12.1. The highest BCUT2D eigenvalue weighted by Crippen LogP contribution is 2.17. The summed E-state index contributed by atoms with van der Waals surface area (Å²) in [5.41, 5.74) is 0.690. The van der Waals surface area contributed by atoms with Crippen molar-refractivity contribution in [3.8, 4) is 11.5 Å². The fourth-order valence-electron chi connectivity index (χ4n) is 2.52. The second-order valence-corrected chi connectivity index (χ2v) is 5.46. The second-order valence-electron chi connectivity index (χ2n) is 5.46. The summed E-state index contributed by atoms with van der Waals surface area (Å²) in [4.78, 5) is 13.9. The number of carbonyl (C=O) groups excluding carboxylic acids is 1. The molecule has 7 heteroatoms. The van der Waals surface area contributed by atoms with Crippen molar-refractivity contribution < 1.29 is 14.3 Å². The number of nitrogens with zero attached hydrogens (tertiary/aromatic N) is 4. The third-order valence-electron chi connectivity index (χ3n) is 3.79. The van der Waals surface area contributed by atoms with Gasteiger partial charge < -0.3 is 14.4 Å². The first-order valence-electron chi connectivity index (χ1n) is 7.68. The highest BCUT2D eigenvalue weighted by atomic mass is 16.5. The number of rotatable bonds is 6. The Morgan fingerprint density at radius 3 is 2.57 bits per heavy atom. The van der Waals surface area contributed by atoms with E-state index in [0.717, 1.165) is 37.4 Å². The molecule has 0 bridgehead atoms. The SMILES string of the molecule is COc1ccc(OCc2cn(CC(=O)N3CCCC3)nn2)cc1. The summed E-state index contributed by atoms with van der Waals surface area (Å²) in [5, 5.41) is 8.02. The van der Waals surface area contributed by atoms with E-state index in [2.05, 4.69) is 10.3 Å². The molecule has 1 aromatic carbocycles. The summed E-state index contributed by atoms with van der Waals surface area (Å²) < 4.78 is 12.3. The molecule has 2 aromatic rings. The lowest BCUT2D eigenvalue weighted by Crippen LogP contribution is -2.31. The van der Waals surface area contributed by atoms with Gasteiger partial charge >= 0.3 is 0 Å². The zero-order valence-corrected chi connectivity index (χ0v) is 13.1. The molecule has 0 N–H and O–H groups in total. The Kier molecular flexibility index (Phi) is 4.75. The first-order valence-corrected chi connectivity index (χ1v) is 7.68. The Balaban J connectivity index is 1.51. The largest absolute Gasteiger partial charge is 0.497 e. The van der Waals surface area contributed by atoms with Crippen LogP contribution in [0, 0.1) is 0 Å². The minimum absolute atomic E-state index is 0.0926.